The van der Waals surface area contributed by atoms with Gasteiger partial charge in [0.25, 0.3) is 5.91 Å². The minimum atomic E-state index is -0.946. The summed E-state index contributed by atoms with van der Waals surface area (Å²) < 4.78 is 16.0. The van der Waals surface area contributed by atoms with Crippen LogP contribution in [-0.4, -0.2) is 60.2 Å². The van der Waals surface area contributed by atoms with Gasteiger partial charge in [-0.05, 0) is 60.6 Å². The zero-order valence-corrected chi connectivity index (χ0v) is 20.6. The third-order valence-electron chi connectivity index (χ3n) is 7.60. The summed E-state index contributed by atoms with van der Waals surface area (Å²) in [6.45, 7) is 3.40. The molecule has 9 heteroatoms. The van der Waals surface area contributed by atoms with Gasteiger partial charge in [0.05, 0.1) is 20.1 Å². The highest BCUT2D eigenvalue weighted by Gasteiger charge is 2.54. The summed E-state index contributed by atoms with van der Waals surface area (Å²) in [7, 11) is 1.61. The number of likely N-dealkylation sites (tertiary alicyclic amines) is 1. The Morgan fingerprint density at radius 3 is 2.44 bits per heavy atom. The van der Waals surface area contributed by atoms with Gasteiger partial charge >= 0.3 is 6.03 Å². The minimum Gasteiger partial charge on any atom is -0.497 e. The van der Waals surface area contributed by atoms with Crippen LogP contribution in [-0.2, 0) is 22.6 Å². The summed E-state index contributed by atoms with van der Waals surface area (Å²) in [5.74, 6) is 1.87. The van der Waals surface area contributed by atoms with E-state index in [0.29, 0.717) is 50.3 Å². The molecule has 1 atom stereocenters. The fourth-order valence-electron chi connectivity index (χ4n) is 5.47. The number of ether oxygens (including phenoxy) is 3. The van der Waals surface area contributed by atoms with E-state index in [2.05, 4.69) is 5.32 Å². The lowest BCUT2D eigenvalue weighted by molar-refractivity contribution is -0.136. The number of rotatable bonds is 7. The van der Waals surface area contributed by atoms with Crippen LogP contribution in [0.5, 0.6) is 17.2 Å². The monoisotopic (exact) mass is 493 g/mol. The molecule has 9 nitrogen and oxygen atoms in total. The molecule has 2 fully saturated rings. The Morgan fingerprint density at radius 1 is 1.06 bits per heavy atom. The smallest absolute Gasteiger partial charge is 0.325 e. The molecule has 3 aliphatic rings. The number of methoxy groups -OCH3 is 1. The summed E-state index contributed by atoms with van der Waals surface area (Å²) in [4.78, 5) is 42.6. The van der Waals surface area contributed by atoms with Crippen LogP contribution in [0.1, 0.15) is 37.3 Å². The normalized spacial score (nSPS) is 21.6. The lowest BCUT2D eigenvalue weighted by Crippen LogP contribution is -2.56. The molecule has 190 valence electrons. The lowest BCUT2D eigenvalue weighted by Gasteiger charge is -2.40. The summed E-state index contributed by atoms with van der Waals surface area (Å²) >= 11 is 0. The van der Waals surface area contributed by atoms with Gasteiger partial charge in [-0.2, -0.15) is 0 Å². The van der Waals surface area contributed by atoms with Crippen LogP contribution in [0.15, 0.2) is 42.5 Å². The molecular formula is C27H31N3O6. The average Bonchev–Trinajstić information content (AvgIpc) is 3.47. The Morgan fingerprint density at radius 2 is 1.75 bits per heavy atom. The van der Waals surface area contributed by atoms with Crippen molar-refractivity contribution in [1.29, 1.82) is 0 Å². The third kappa shape index (κ3) is 4.34. The maximum Gasteiger partial charge on any atom is 0.325 e. The Bertz CT molecular complexity index is 1160. The van der Waals surface area contributed by atoms with Crippen LogP contribution in [0.25, 0.3) is 0 Å². The molecule has 0 radical (unpaired) electrons. The number of carbonyl (C=O) groups is 3. The first-order valence-corrected chi connectivity index (χ1v) is 12.4. The SMILES string of the molecule is CCC1(C2CCN(C(=O)Cc3ccc(OC)cc3)CC2)NC(=O)N(Cc2ccc3c(c2)OCO3)C1=O. The van der Waals surface area contributed by atoms with E-state index in [1.165, 1.54) is 4.90 Å². The summed E-state index contributed by atoms with van der Waals surface area (Å²) in [5.41, 5.74) is 0.789. The zero-order valence-electron chi connectivity index (χ0n) is 20.6. The molecule has 1 unspecified atom stereocenters. The van der Waals surface area contributed by atoms with E-state index in [0.717, 1.165) is 16.9 Å². The van der Waals surface area contributed by atoms with Crippen molar-refractivity contribution in [1.82, 2.24) is 15.1 Å². The molecular weight excluding hydrogens is 462 g/mol. The molecule has 0 spiro atoms. The van der Waals surface area contributed by atoms with Crippen molar-refractivity contribution in [3.63, 3.8) is 0 Å². The number of carbonyl (C=O) groups excluding carboxylic acids is 3. The molecule has 0 aromatic heterocycles. The predicted molar refractivity (Wildman–Crippen MR) is 131 cm³/mol. The van der Waals surface area contributed by atoms with Crippen LogP contribution in [0.2, 0.25) is 0 Å². The van der Waals surface area contributed by atoms with E-state index in [-0.39, 0.29) is 37.1 Å². The highest BCUT2D eigenvalue weighted by Crippen LogP contribution is 2.38. The van der Waals surface area contributed by atoms with E-state index >= 15 is 0 Å². The van der Waals surface area contributed by atoms with Gasteiger partial charge in [0, 0.05) is 13.1 Å². The number of hydrogen-bond acceptors (Lipinski definition) is 6. The van der Waals surface area contributed by atoms with Gasteiger partial charge < -0.3 is 24.4 Å². The first kappa shape index (κ1) is 24.0. The van der Waals surface area contributed by atoms with Gasteiger partial charge in [0.15, 0.2) is 11.5 Å². The number of nitrogens with one attached hydrogen (secondary N) is 1. The number of imide groups is 1. The van der Waals surface area contributed by atoms with Crippen molar-refractivity contribution in [3.05, 3.63) is 53.6 Å². The molecule has 36 heavy (non-hydrogen) atoms. The molecule has 0 aliphatic carbocycles. The summed E-state index contributed by atoms with van der Waals surface area (Å²) in [5, 5.41) is 3.02. The number of fused-ring (bicyclic) bond motifs is 1. The predicted octanol–water partition coefficient (Wildman–Crippen LogP) is 3.11. The molecule has 0 bridgehead atoms. The lowest BCUT2D eigenvalue weighted by atomic mass is 9.75. The molecule has 2 aromatic rings. The van der Waals surface area contributed by atoms with E-state index in [1.54, 1.807) is 13.2 Å². The summed E-state index contributed by atoms with van der Waals surface area (Å²) in [6, 6.07) is 12.6. The van der Waals surface area contributed by atoms with E-state index in [4.69, 9.17) is 14.2 Å². The zero-order chi connectivity index (χ0) is 25.3. The maximum atomic E-state index is 13.6. The first-order chi connectivity index (χ1) is 17.4. The van der Waals surface area contributed by atoms with Gasteiger partial charge in [-0.25, -0.2) is 4.79 Å². The quantitative estimate of drug-likeness (QED) is 0.596. The van der Waals surface area contributed by atoms with Crippen LogP contribution in [0, 0.1) is 5.92 Å². The van der Waals surface area contributed by atoms with Crippen molar-refractivity contribution in [3.8, 4) is 17.2 Å². The highest BCUT2D eigenvalue weighted by atomic mass is 16.7. The third-order valence-corrected chi connectivity index (χ3v) is 7.60. The molecule has 1 N–H and O–H groups in total. The molecule has 2 aromatic carbocycles. The van der Waals surface area contributed by atoms with Crippen molar-refractivity contribution < 1.29 is 28.6 Å². The number of piperidine rings is 1. The molecule has 5 rings (SSSR count). The molecule has 3 heterocycles. The van der Waals surface area contributed by atoms with Crippen LogP contribution < -0.4 is 19.5 Å². The number of amides is 4. The standard InChI is InChI=1S/C27H31N3O6/c1-3-27(20-10-12-29(13-11-20)24(31)15-18-4-7-21(34-2)8-5-18)25(32)30(26(33)28-27)16-19-6-9-22-23(14-19)36-17-35-22/h4-9,14,20H,3,10-13,15-17H2,1-2H3,(H,28,33). The second kappa shape index (κ2) is 9.72. The van der Waals surface area contributed by atoms with Crippen molar-refractivity contribution in [2.45, 2.75) is 44.7 Å². The van der Waals surface area contributed by atoms with E-state index in [1.807, 2.05) is 48.2 Å². The summed E-state index contributed by atoms with van der Waals surface area (Å²) in [6.07, 6.45) is 2.14. The van der Waals surface area contributed by atoms with Gasteiger partial charge in [0.1, 0.15) is 11.3 Å². The molecule has 2 saturated heterocycles. The van der Waals surface area contributed by atoms with Gasteiger partial charge in [-0.3, -0.25) is 14.5 Å². The second-order valence-corrected chi connectivity index (χ2v) is 9.51. The van der Waals surface area contributed by atoms with Gasteiger partial charge in [0.2, 0.25) is 12.7 Å². The number of hydrogen-bond donors (Lipinski definition) is 1. The van der Waals surface area contributed by atoms with Crippen LogP contribution in [0.4, 0.5) is 4.79 Å². The highest BCUT2D eigenvalue weighted by molar-refractivity contribution is 6.07. The molecule has 0 saturated carbocycles. The van der Waals surface area contributed by atoms with Gasteiger partial charge in [-0.1, -0.05) is 25.1 Å². The Kier molecular flexibility index (Phi) is 6.47. The fourth-order valence-corrected chi connectivity index (χ4v) is 5.47. The van der Waals surface area contributed by atoms with Crippen molar-refractivity contribution >= 4 is 17.8 Å². The number of urea groups is 1. The van der Waals surface area contributed by atoms with E-state index < -0.39 is 5.54 Å². The van der Waals surface area contributed by atoms with Crippen LogP contribution >= 0.6 is 0 Å². The first-order valence-electron chi connectivity index (χ1n) is 12.4. The van der Waals surface area contributed by atoms with Crippen LogP contribution in [0.3, 0.4) is 0 Å². The minimum absolute atomic E-state index is 0.0364. The number of nitrogens with zero attached hydrogens (tertiary/aromatic N) is 2. The Labute approximate surface area is 210 Å². The fraction of sp³-hybridized carbons (Fsp3) is 0.444. The number of benzene rings is 2. The van der Waals surface area contributed by atoms with Gasteiger partial charge in [-0.15, -0.1) is 0 Å². The van der Waals surface area contributed by atoms with E-state index in [9.17, 15) is 14.4 Å². The largest absolute Gasteiger partial charge is 0.497 e. The van der Waals surface area contributed by atoms with Crippen molar-refractivity contribution in [2.24, 2.45) is 5.92 Å². The maximum absolute atomic E-state index is 13.6. The second-order valence-electron chi connectivity index (χ2n) is 9.51. The average molecular weight is 494 g/mol. The topological polar surface area (TPSA) is 97.4 Å². The van der Waals surface area contributed by atoms with Crippen molar-refractivity contribution in [2.75, 3.05) is 27.0 Å². The Hall–Kier alpha value is -3.75. The molecule has 4 amide bonds. The Balaban J connectivity index is 1.22. The molecule has 3 aliphatic heterocycles.